The van der Waals surface area contributed by atoms with Crippen LogP contribution in [0, 0.1) is 5.92 Å². The highest BCUT2D eigenvalue weighted by Crippen LogP contribution is 2.40. The fraction of sp³-hybridized carbons (Fsp3) is 0.651. The molecule has 2 aliphatic rings. The third-order valence-corrected chi connectivity index (χ3v) is 18.0. The monoisotopic (exact) mass is 1250 g/mol. The topological polar surface area (TPSA) is 356 Å². The molecule has 2 heterocycles. The van der Waals surface area contributed by atoms with Crippen molar-refractivity contribution in [3.8, 4) is 0 Å². The lowest BCUT2D eigenvalue weighted by Gasteiger charge is -2.35. The van der Waals surface area contributed by atoms with Gasteiger partial charge in [-0.1, -0.05) is 67.1 Å². The van der Waals surface area contributed by atoms with Crippen LogP contribution in [-0.2, 0) is 47.9 Å². The second kappa shape index (κ2) is 40.8. The molecule has 490 valence electrons. The zero-order valence-corrected chi connectivity index (χ0v) is 53.2. The zero-order valence-electron chi connectivity index (χ0n) is 52.4. The molecule has 6 atom stereocenters. The molecule has 2 aliphatic heterocycles. The lowest BCUT2D eigenvalue weighted by Crippen LogP contribution is -2.53. The van der Waals surface area contributed by atoms with Crippen LogP contribution in [0.15, 0.2) is 60.7 Å². The van der Waals surface area contributed by atoms with E-state index in [1.54, 1.807) is 26.0 Å². The van der Waals surface area contributed by atoms with Crippen LogP contribution in [0.4, 0.5) is 0 Å². The molecule has 2 fully saturated rings. The summed E-state index contributed by atoms with van der Waals surface area (Å²) in [7, 11) is 0. The van der Waals surface area contributed by atoms with Gasteiger partial charge in [-0.3, -0.25) is 47.9 Å². The molecule has 2 saturated heterocycles. The summed E-state index contributed by atoms with van der Waals surface area (Å²) < 4.78 is 0. The first-order valence-electron chi connectivity index (χ1n) is 31.7. The number of carbonyl (C=O) groups is 10. The van der Waals surface area contributed by atoms with Gasteiger partial charge in [0.2, 0.25) is 59.1 Å². The Morgan fingerprint density at radius 2 is 1.01 bits per heavy atom. The van der Waals surface area contributed by atoms with Crippen LogP contribution in [-0.4, -0.2) is 210 Å². The van der Waals surface area contributed by atoms with Gasteiger partial charge in [-0.25, -0.2) is 0 Å². The van der Waals surface area contributed by atoms with Crippen molar-refractivity contribution >= 4 is 70.8 Å². The quantitative estimate of drug-likeness (QED) is 0.0439. The van der Waals surface area contributed by atoms with Crippen LogP contribution in [0.1, 0.15) is 147 Å². The number of hydrogen-bond acceptors (Lipinski definition) is 15. The van der Waals surface area contributed by atoms with Gasteiger partial charge in [-0.15, -0.1) is 0 Å². The predicted molar refractivity (Wildman–Crippen MR) is 341 cm³/mol. The minimum absolute atomic E-state index is 0.0692. The molecule has 0 saturated carbocycles. The lowest BCUT2D eigenvalue weighted by atomic mass is 9.94. The highest BCUT2D eigenvalue weighted by molar-refractivity contribution is 8.00. The maximum Gasteiger partial charge on any atom is 0.243 e. The molecule has 0 bridgehead atoms. The second-order valence-corrected chi connectivity index (χ2v) is 24.4. The summed E-state index contributed by atoms with van der Waals surface area (Å²) in [5.41, 5.74) is 30.6. The molecule has 2 aromatic rings. The van der Waals surface area contributed by atoms with Crippen molar-refractivity contribution in [2.45, 2.75) is 153 Å². The lowest BCUT2D eigenvalue weighted by molar-refractivity contribution is -0.149. The standard InChI is InChI=1S/C63H102N14O10S/c1-46(49-22-6-4-7-23-49)76(61(85)41-72(48(3)78)34-18-13-29-64)44-60(84)74(36-20-15-31-66)40-58(82)75(37-21-16-32-67)42-62(86)77(47(2)50-24-8-5-9-25-50)43-59(83)73(35-19-14-30-65)39-57(81)70-52(63(68)87)26-12-17-33-69-55(79)28-11-10-27-54-51-38-56(80)71-53(51)45-88-54/h4-9,22-25,46-47,51-54H,10-21,26-45,64-67H2,1-3H3,(H2,68,87)(H,69,79)(H,70,81)(H,71,80)/t46-,47-,51-,52-,53-,54?/m0/s1. The van der Waals surface area contributed by atoms with Gasteiger partial charge in [0.1, 0.15) is 19.1 Å². The van der Waals surface area contributed by atoms with E-state index in [1.165, 1.54) is 36.3 Å². The van der Waals surface area contributed by atoms with Crippen molar-refractivity contribution in [2.75, 3.05) is 104 Å². The number of fused-ring (bicyclic) bond motifs is 1. The van der Waals surface area contributed by atoms with Gasteiger partial charge in [0.15, 0.2) is 0 Å². The summed E-state index contributed by atoms with van der Waals surface area (Å²) in [4.78, 5) is 145. The summed E-state index contributed by atoms with van der Waals surface area (Å²) in [6, 6.07) is 16.1. The van der Waals surface area contributed by atoms with Crippen LogP contribution in [0.25, 0.3) is 0 Å². The van der Waals surface area contributed by atoms with Crippen LogP contribution in [0.5, 0.6) is 0 Å². The fourth-order valence-electron chi connectivity index (χ4n) is 11.0. The van der Waals surface area contributed by atoms with Crippen LogP contribution >= 0.6 is 11.8 Å². The van der Waals surface area contributed by atoms with Crippen molar-refractivity contribution in [2.24, 2.45) is 34.6 Å². The molecule has 25 heteroatoms. The van der Waals surface area contributed by atoms with E-state index in [1.807, 2.05) is 60.3 Å². The molecule has 0 spiro atoms. The summed E-state index contributed by atoms with van der Waals surface area (Å²) >= 11 is 1.90. The van der Waals surface area contributed by atoms with Gasteiger partial charge >= 0.3 is 0 Å². The minimum atomic E-state index is -1.06. The Kier molecular flexibility index (Phi) is 34.2. The number of carbonyl (C=O) groups excluding carboxylic acids is 10. The largest absolute Gasteiger partial charge is 0.368 e. The van der Waals surface area contributed by atoms with E-state index in [-0.39, 0.29) is 56.4 Å². The maximum atomic E-state index is 15.0. The number of benzene rings is 2. The van der Waals surface area contributed by atoms with Crippen molar-refractivity contribution in [3.63, 3.8) is 0 Å². The van der Waals surface area contributed by atoms with Crippen LogP contribution < -0.4 is 44.6 Å². The van der Waals surface area contributed by atoms with Gasteiger partial charge in [-0.2, -0.15) is 11.8 Å². The van der Waals surface area contributed by atoms with E-state index < -0.39 is 92.2 Å². The molecule has 0 aromatic heterocycles. The summed E-state index contributed by atoms with van der Waals surface area (Å²) in [6.07, 6.45) is 8.82. The number of nitrogens with two attached hydrogens (primary N) is 5. The van der Waals surface area contributed by atoms with Gasteiger partial charge in [0.05, 0.1) is 38.3 Å². The third kappa shape index (κ3) is 25.8. The Balaban J connectivity index is 1.47. The predicted octanol–water partition coefficient (Wildman–Crippen LogP) is 1.89. The number of unbranched alkanes of at least 4 members (excludes halogenated alkanes) is 6. The van der Waals surface area contributed by atoms with Gasteiger partial charge < -0.3 is 74.0 Å². The number of nitrogens with zero attached hydrogens (tertiary/aromatic N) is 6. The van der Waals surface area contributed by atoms with E-state index in [9.17, 15) is 47.9 Å². The molecular weight excluding hydrogens is 1140 g/mol. The molecular formula is C63H102N14O10S. The van der Waals surface area contributed by atoms with E-state index in [2.05, 4.69) is 16.0 Å². The highest BCUT2D eigenvalue weighted by Gasteiger charge is 2.43. The fourth-order valence-corrected chi connectivity index (χ4v) is 12.7. The molecule has 13 N–H and O–H groups in total. The Hall–Kier alpha value is -6.67. The van der Waals surface area contributed by atoms with E-state index >= 15 is 0 Å². The number of primary amides is 1. The molecule has 0 radical (unpaired) electrons. The summed E-state index contributed by atoms with van der Waals surface area (Å²) in [5.74, 6) is -3.06. The number of hydrogen-bond donors (Lipinski definition) is 8. The summed E-state index contributed by atoms with van der Waals surface area (Å²) in [5, 5.41) is 9.11. The average molecular weight is 1250 g/mol. The molecule has 1 unspecified atom stereocenters. The number of thioether (sulfide) groups is 1. The third-order valence-electron chi connectivity index (χ3n) is 16.4. The maximum absolute atomic E-state index is 15.0. The number of rotatable bonds is 44. The second-order valence-electron chi connectivity index (χ2n) is 23.1. The first-order valence-corrected chi connectivity index (χ1v) is 32.7. The Bertz CT molecular complexity index is 2520. The van der Waals surface area contributed by atoms with Gasteiger partial charge in [-0.05, 0) is 135 Å². The molecule has 24 nitrogen and oxygen atoms in total. The normalized spacial score (nSPS) is 16.1. The minimum Gasteiger partial charge on any atom is -0.368 e. The first-order chi connectivity index (χ1) is 42.3. The Morgan fingerprint density at radius 1 is 0.557 bits per heavy atom. The van der Waals surface area contributed by atoms with Crippen molar-refractivity contribution in [1.29, 1.82) is 0 Å². The van der Waals surface area contributed by atoms with Crippen molar-refractivity contribution in [1.82, 2.24) is 45.3 Å². The molecule has 4 rings (SSSR count). The first kappa shape index (κ1) is 73.8. The van der Waals surface area contributed by atoms with Crippen molar-refractivity contribution < 1.29 is 47.9 Å². The average Bonchev–Trinajstić information content (AvgIpc) is 4.21. The molecule has 2 aromatic carbocycles. The molecule has 88 heavy (non-hydrogen) atoms. The van der Waals surface area contributed by atoms with Crippen LogP contribution in [0.3, 0.4) is 0 Å². The molecule has 10 amide bonds. The Morgan fingerprint density at radius 3 is 1.49 bits per heavy atom. The number of amides is 10. The smallest absolute Gasteiger partial charge is 0.243 e. The summed E-state index contributed by atoms with van der Waals surface area (Å²) in [6.45, 7) is 4.69. The van der Waals surface area contributed by atoms with E-state index in [0.29, 0.717) is 133 Å². The van der Waals surface area contributed by atoms with Gasteiger partial charge in [0, 0.05) is 75.5 Å². The Labute approximate surface area is 525 Å². The van der Waals surface area contributed by atoms with E-state index in [0.717, 1.165) is 30.6 Å². The SMILES string of the molecule is CC(=O)N(CCCCN)CC(=O)N(CC(=O)N(CCCCN)CC(=O)N(CCCCN)CC(=O)N(CC(=O)N(CCCCN)CC(=O)N[C@@H](CCCCNC(=O)CCCCC1SC[C@@H]2NC(=O)C[C@H]12)C(N)=O)[C@@H](C)c1ccccc1)[C@@H](C)c1ccccc1. The highest BCUT2D eigenvalue weighted by atomic mass is 32.2. The molecule has 0 aliphatic carbocycles. The number of nitrogens with one attached hydrogen (secondary N) is 3. The van der Waals surface area contributed by atoms with E-state index in [4.69, 9.17) is 28.7 Å². The zero-order chi connectivity index (χ0) is 64.4. The van der Waals surface area contributed by atoms with Gasteiger partial charge in [0.25, 0.3) is 0 Å². The van der Waals surface area contributed by atoms with Crippen molar-refractivity contribution in [3.05, 3.63) is 71.8 Å². The van der Waals surface area contributed by atoms with Crippen LogP contribution in [0.2, 0.25) is 0 Å².